The Kier molecular flexibility index (Phi) is 4.91. The van der Waals surface area contributed by atoms with E-state index in [1.54, 1.807) is 12.4 Å². The Morgan fingerprint density at radius 1 is 0.962 bits per heavy atom. The van der Waals surface area contributed by atoms with Gasteiger partial charge in [0.25, 0.3) is 0 Å². The van der Waals surface area contributed by atoms with Crippen LogP contribution in [0.25, 0.3) is 11.4 Å². The molecule has 3 aromatic rings. The molecule has 1 aromatic heterocycles. The molecule has 1 saturated heterocycles. The summed E-state index contributed by atoms with van der Waals surface area (Å²) in [6.07, 6.45) is 3.45. The van der Waals surface area contributed by atoms with E-state index in [2.05, 4.69) is 26.9 Å². The summed E-state index contributed by atoms with van der Waals surface area (Å²) in [5.41, 5.74) is 3.34. The van der Waals surface area contributed by atoms with E-state index in [4.69, 9.17) is 11.8 Å². The maximum atomic E-state index is 13.1. The van der Waals surface area contributed by atoms with Gasteiger partial charge in [-0.1, -0.05) is 24.3 Å². The number of rotatable bonds is 4. The lowest BCUT2D eigenvalue weighted by Gasteiger charge is -2.37. The van der Waals surface area contributed by atoms with Gasteiger partial charge in [-0.3, -0.25) is 4.90 Å². The van der Waals surface area contributed by atoms with E-state index >= 15 is 0 Å². The van der Waals surface area contributed by atoms with Crippen molar-refractivity contribution in [1.82, 2.24) is 14.0 Å². The van der Waals surface area contributed by atoms with Crippen LogP contribution in [-0.2, 0) is 6.54 Å². The fourth-order valence-corrected chi connectivity index (χ4v) is 3.59. The zero-order valence-corrected chi connectivity index (χ0v) is 15.1. The Morgan fingerprint density at radius 2 is 1.69 bits per heavy atom. The van der Waals surface area contributed by atoms with Crippen LogP contribution in [0.5, 0.6) is 0 Å². The summed E-state index contributed by atoms with van der Waals surface area (Å²) < 4.78 is 14.6. The average Bonchev–Trinajstić information content (AvgIpc) is 3.10. The normalized spacial score (nSPS) is 15.4. The fourth-order valence-electron chi connectivity index (χ4n) is 3.41. The minimum absolute atomic E-state index is 0.187. The number of nitrogens with zero attached hydrogens (tertiary/aromatic N) is 4. The zero-order chi connectivity index (χ0) is 17.9. The van der Waals surface area contributed by atoms with Crippen molar-refractivity contribution in [3.63, 3.8) is 0 Å². The van der Waals surface area contributed by atoms with E-state index in [0.717, 1.165) is 55.4 Å². The van der Waals surface area contributed by atoms with Crippen molar-refractivity contribution in [3.05, 3.63) is 72.3 Å². The first-order chi connectivity index (χ1) is 12.7. The zero-order valence-electron chi connectivity index (χ0n) is 14.4. The van der Waals surface area contributed by atoms with E-state index in [0.29, 0.717) is 0 Å². The quantitative estimate of drug-likeness (QED) is 0.693. The largest absolute Gasteiger partial charge is 0.368 e. The first-order valence-corrected chi connectivity index (χ1v) is 9.05. The summed E-state index contributed by atoms with van der Waals surface area (Å²) in [6.45, 7) is 4.63. The molecule has 0 unspecified atom stereocenters. The van der Waals surface area contributed by atoms with Crippen molar-refractivity contribution in [1.29, 1.82) is 0 Å². The molecular weight excluding hydrogens is 351 g/mol. The third-order valence-electron chi connectivity index (χ3n) is 4.77. The standard InChI is InChI=1S/C20H20ClFN4/c21-26-10-9-23-20(26)18-3-1-2-4-19(18)25-13-11-24(12-14-25)15-16-5-7-17(22)8-6-16/h1-10H,11-15H2. The van der Waals surface area contributed by atoms with E-state index < -0.39 is 0 Å². The second-order valence-corrected chi connectivity index (χ2v) is 6.83. The minimum Gasteiger partial charge on any atom is -0.368 e. The summed E-state index contributed by atoms with van der Waals surface area (Å²) >= 11 is 6.21. The molecule has 6 heteroatoms. The van der Waals surface area contributed by atoms with Crippen LogP contribution in [0.4, 0.5) is 10.1 Å². The lowest BCUT2D eigenvalue weighted by molar-refractivity contribution is 0.250. The second kappa shape index (κ2) is 7.48. The van der Waals surface area contributed by atoms with E-state index in [9.17, 15) is 4.39 Å². The summed E-state index contributed by atoms with van der Waals surface area (Å²) in [7, 11) is 0. The van der Waals surface area contributed by atoms with Gasteiger partial charge in [-0.2, -0.15) is 0 Å². The SMILES string of the molecule is Fc1ccc(CN2CCN(c3ccccc3-c3nccn3Cl)CC2)cc1. The van der Waals surface area contributed by atoms with Crippen LogP contribution in [0.3, 0.4) is 0 Å². The van der Waals surface area contributed by atoms with Crippen LogP contribution in [-0.4, -0.2) is 40.1 Å². The van der Waals surface area contributed by atoms with Gasteiger partial charge in [0.15, 0.2) is 5.82 Å². The number of anilines is 1. The van der Waals surface area contributed by atoms with Crippen LogP contribution in [0.2, 0.25) is 0 Å². The molecule has 1 fully saturated rings. The van der Waals surface area contributed by atoms with Gasteiger partial charge in [0.2, 0.25) is 0 Å². The van der Waals surface area contributed by atoms with Gasteiger partial charge in [0.1, 0.15) is 5.82 Å². The van der Waals surface area contributed by atoms with Gasteiger partial charge >= 0.3 is 0 Å². The molecule has 2 heterocycles. The highest BCUT2D eigenvalue weighted by atomic mass is 35.5. The van der Waals surface area contributed by atoms with E-state index in [1.807, 2.05) is 24.3 Å². The van der Waals surface area contributed by atoms with Crippen LogP contribution in [0.15, 0.2) is 60.9 Å². The topological polar surface area (TPSA) is 24.3 Å². The molecule has 26 heavy (non-hydrogen) atoms. The van der Waals surface area contributed by atoms with Crippen molar-refractivity contribution < 1.29 is 4.39 Å². The maximum Gasteiger partial charge on any atom is 0.156 e. The monoisotopic (exact) mass is 370 g/mol. The first-order valence-electron chi connectivity index (χ1n) is 8.71. The molecule has 0 spiro atoms. The van der Waals surface area contributed by atoms with Crippen molar-refractivity contribution in [2.24, 2.45) is 0 Å². The highest BCUT2D eigenvalue weighted by Crippen LogP contribution is 2.31. The van der Waals surface area contributed by atoms with Crippen molar-refractivity contribution in [3.8, 4) is 11.4 Å². The van der Waals surface area contributed by atoms with Gasteiger partial charge < -0.3 is 4.90 Å². The number of hydrogen-bond acceptors (Lipinski definition) is 3. The second-order valence-electron chi connectivity index (χ2n) is 6.47. The summed E-state index contributed by atoms with van der Waals surface area (Å²) in [6, 6.07) is 15.0. The lowest BCUT2D eigenvalue weighted by atomic mass is 10.1. The number of aromatic nitrogens is 2. The third-order valence-corrected chi connectivity index (χ3v) is 5.05. The van der Waals surface area contributed by atoms with E-state index in [-0.39, 0.29) is 5.82 Å². The molecule has 0 bridgehead atoms. The van der Waals surface area contributed by atoms with Crippen LogP contribution in [0.1, 0.15) is 5.56 Å². The third kappa shape index (κ3) is 3.59. The Labute approximate surface area is 157 Å². The number of benzene rings is 2. The van der Waals surface area contributed by atoms with E-state index in [1.165, 1.54) is 16.2 Å². The van der Waals surface area contributed by atoms with Gasteiger partial charge in [-0.15, -0.1) is 0 Å². The average molecular weight is 371 g/mol. The first kappa shape index (κ1) is 17.1. The number of imidazole rings is 1. The smallest absolute Gasteiger partial charge is 0.156 e. The molecule has 2 aromatic carbocycles. The van der Waals surface area contributed by atoms with Crippen molar-refractivity contribution in [2.45, 2.75) is 6.54 Å². The number of para-hydroxylation sites is 1. The molecule has 0 saturated carbocycles. The Balaban J connectivity index is 1.45. The predicted octanol–water partition coefficient (Wildman–Crippen LogP) is 4.01. The maximum absolute atomic E-state index is 13.1. The van der Waals surface area contributed by atoms with Gasteiger partial charge in [-0.05, 0) is 29.8 Å². The highest BCUT2D eigenvalue weighted by molar-refractivity contribution is 6.17. The lowest BCUT2D eigenvalue weighted by Crippen LogP contribution is -2.46. The van der Waals surface area contributed by atoms with Crippen LogP contribution < -0.4 is 4.90 Å². The molecule has 4 rings (SSSR count). The molecule has 0 N–H and O–H groups in total. The van der Waals surface area contributed by atoms with Gasteiger partial charge in [0, 0.05) is 68.1 Å². The predicted molar refractivity (Wildman–Crippen MR) is 103 cm³/mol. The molecule has 1 aliphatic heterocycles. The Bertz CT molecular complexity index is 870. The molecule has 0 atom stereocenters. The summed E-state index contributed by atoms with van der Waals surface area (Å²) in [5.74, 6) is 0.573. The molecule has 134 valence electrons. The summed E-state index contributed by atoms with van der Waals surface area (Å²) in [4.78, 5) is 9.16. The van der Waals surface area contributed by atoms with Gasteiger partial charge in [0.05, 0.1) is 0 Å². The molecular formula is C20H20ClFN4. The molecule has 1 aliphatic rings. The molecule has 0 radical (unpaired) electrons. The highest BCUT2D eigenvalue weighted by Gasteiger charge is 2.21. The number of hydrogen-bond donors (Lipinski definition) is 0. The minimum atomic E-state index is -0.187. The summed E-state index contributed by atoms with van der Waals surface area (Å²) in [5, 5.41) is 0. The Morgan fingerprint density at radius 3 is 2.38 bits per heavy atom. The van der Waals surface area contributed by atoms with Crippen LogP contribution >= 0.6 is 11.8 Å². The fraction of sp³-hybridized carbons (Fsp3) is 0.250. The number of piperazine rings is 1. The van der Waals surface area contributed by atoms with Gasteiger partial charge in [-0.25, -0.2) is 13.5 Å². The molecule has 4 nitrogen and oxygen atoms in total. The molecule has 0 aliphatic carbocycles. The van der Waals surface area contributed by atoms with Crippen molar-refractivity contribution in [2.75, 3.05) is 31.1 Å². The van der Waals surface area contributed by atoms with Crippen molar-refractivity contribution >= 4 is 17.5 Å². The Hall–Kier alpha value is -2.37. The number of halogens is 2. The van der Waals surface area contributed by atoms with Crippen LogP contribution in [0, 0.1) is 5.82 Å². The molecule has 0 amide bonds.